The highest BCUT2D eigenvalue weighted by molar-refractivity contribution is 7.99. The lowest BCUT2D eigenvalue weighted by Gasteiger charge is -2.40. The largest absolute Gasteiger partial charge is 0.247 e. The Kier molecular flexibility index (Phi) is 16.5. The highest BCUT2D eigenvalue weighted by Gasteiger charge is 2.52. The topological polar surface area (TPSA) is 90.2 Å². The van der Waals surface area contributed by atoms with E-state index in [1.807, 2.05) is 90.3 Å². The van der Waals surface area contributed by atoms with E-state index in [-0.39, 0.29) is 0 Å². The average molecular weight is 1610 g/mol. The predicted molar refractivity (Wildman–Crippen MR) is 509 cm³/mol. The van der Waals surface area contributed by atoms with Gasteiger partial charge < -0.3 is 0 Å². The molecule has 0 unspecified atom stereocenters. The number of para-hydroxylation sites is 2. The van der Waals surface area contributed by atoms with Gasteiger partial charge in [-0.25, -0.2) is 34.9 Å². The number of pyridine rings is 4. The molecule has 576 valence electrons. The molecule has 0 bridgehead atoms. The first kappa shape index (κ1) is 71.5. The van der Waals surface area contributed by atoms with Crippen LogP contribution in [0.2, 0.25) is 0 Å². The molecule has 0 amide bonds. The van der Waals surface area contributed by atoms with Crippen molar-refractivity contribution in [3.05, 3.63) is 463 Å². The van der Waals surface area contributed by atoms with Gasteiger partial charge in [0, 0.05) is 90.8 Å². The van der Waals surface area contributed by atoms with E-state index in [4.69, 9.17) is 34.9 Å². The van der Waals surface area contributed by atoms with Crippen molar-refractivity contribution in [2.24, 2.45) is 0 Å². The fourth-order valence-corrected chi connectivity index (χ4v) is 22.5. The molecular weight excluding hydrogens is 1540 g/mol. The monoisotopic (exact) mass is 1610 g/mol. The lowest BCUT2D eigenvalue weighted by atomic mass is 9.67. The van der Waals surface area contributed by atoms with Gasteiger partial charge in [0.25, 0.3) is 0 Å². The van der Waals surface area contributed by atoms with Crippen molar-refractivity contribution in [1.82, 2.24) is 34.9 Å². The van der Waals surface area contributed by atoms with Gasteiger partial charge in [-0.1, -0.05) is 381 Å². The molecule has 26 rings (SSSR count). The Hall–Kier alpha value is -15.4. The van der Waals surface area contributed by atoms with E-state index in [2.05, 4.69) is 352 Å². The van der Waals surface area contributed by atoms with Gasteiger partial charge in [-0.05, 0) is 149 Å². The van der Waals surface area contributed by atoms with Gasteiger partial charge in [-0.3, -0.25) is 0 Å². The maximum Gasteiger partial charge on any atom is 0.164 e. The molecule has 124 heavy (non-hydrogen) atoms. The molecule has 0 fully saturated rings. The molecule has 2 spiro atoms. The molecule has 7 heterocycles. The Morgan fingerprint density at radius 2 is 0.476 bits per heavy atom. The second-order valence-corrected chi connectivity index (χ2v) is 34.5. The summed E-state index contributed by atoms with van der Waals surface area (Å²) in [5, 5.41) is 9.19. The first-order valence-electron chi connectivity index (χ1n) is 42.1. The normalized spacial score (nSPS) is 13.2. The fourth-order valence-electron chi connectivity index (χ4n) is 20.1. The number of hydrogen-bond acceptors (Lipinski definition) is 9. The van der Waals surface area contributed by atoms with E-state index in [9.17, 15) is 0 Å². The minimum Gasteiger partial charge on any atom is -0.247 e. The van der Waals surface area contributed by atoms with Crippen LogP contribution in [0.1, 0.15) is 44.5 Å². The van der Waals surface area contributed by atoms with E-state index in [0.29, 0.717) is 17.5 Å². The maximum absolute atomic E-state index is 5.45. The number of rotatable bonds is 8. The Bertz CT molecular complexity index is 8010. The second kappa shape index (κ2) is 28.7. The number of nitrogens with zero attached hydrogens (tertiary/aromatic N) is 7. The molecule has 5 aromatic heterocycles. The summed E-state index contributed by atoms with van der Waals surface area (Å²) in [5.74, 6) is 1.94. The predicted octanol–water partition coefficient (Wildman–Crippen LogP) is 29.0. The van der Waals surface area contributed by atoms with Crippen LogP contribution in [0, 0.1) is 0 Å². The Morgan fingerprint density at radius 1 is 0.177 bits per heavy atom. The Labute approximate surface area is 724 Å². The minimum absolute atomic E-state index is 0.464. The molecule has 4 aliphatic rings. The molecule has 0 N–H and O–H groups in total. The summed E-state index contributed by atoms with van der Waals surface area (Å²) in [4.78, 5) is 41.2. The number of benzene rings is 17. The lowest BCUT2D eigenvalue weighted by Crippen LogP contribution is -2.32. The van der Waals surface area contributed by atoms with Gasteiger partial charge in [0.05, 0.1) is 55.7 Å². The molecule has 0 radical (unpaired) electrons. The quantitative estimate of drug-likeness (QED) is 0.138. The zero-order valence-corrected chi connectivity index (χ0v) is 68.4. The summed E-state index contributed by atoms with van der Waals surface area (Å²) in [7, 11) is 0. The first-order chi connectivity index (χ1) is 61.4. The fraction of sp³-hybridized carbons (Fsp3) is 0.0174. The van der Waals surface area contributed by atoms with Crippen LogP contribution < -0.4 is 0 Å². The smallest absolute Gasteiger partial charge is 0.164 e. The van der Waals surface area contributed by atoms with Crippen LogP contribution in [0.4, 0.5) is 0 Å². The maximum atomic E-state index is 5.45. The van der Waals surface area contributed by atoms with Gasteiger partial charge in [-0.2, -0.15) is 0 Å². The minimum atomic E-state index is -0.467. The second-order valence-electron chi connectivity index (χ2n) is 32.4. The molecule has 0 atom stereocenters. The number of aromatic nitrogens is 7. The molecule has 2 aliphatic heterocycles. The summed E-state index contributed by atoms with van der Waals surface area (Å²) in [6.45, 7) is 0. The summed E-state index contributed by atoms with van der Waals surface area (Å²) in [5.41, 5.74) is 31.8. The van der Waals surface area contributed by atoms with Crippen molar-refractivity contribution in [2.75, 3.05) is 0 Å². The zero-order chi connectivity index (χ0) is 81.6. The molecule has 17 aromatic carbocycles. The van der Waals surface area contributed by atoms with Crippen LogP contribution in [0.25, 0.3) is 178 Å². The van der Waals surface area contributed by atoms with Crippen molar-refractivity contribution in [3.63, 3.8) is 0 Å². The van der Waals surface area contributed by atoms with Gasteiger partial charge in [0.1, 0.15) is 0 Å². The summed E-state index contributed by atoms with van der Waals surface area (Å²) in [6, 6.07) is 151. The Morgan fingerprint density at radius 3 is 0.879 bits per heavy atom. The van der Waals surface area contributed by atoms with Crippen LogP contribution in [-0.2, 0) is 10.8 Å². The summed E-state index contributed by atoms with van der Waals surface area (Å²) in [6.07, 6.45) is 0. The molecule has 0 saturated carbocycles. The summed E-state index contributed by atoms with van der Waals surface area (Å²) < 4.78 is 0. The zero-order valence-electron chi connectivity index (χ0n) is 66.8. The lowest BCUT2D eigenvalue weighted by molar-refractivity contribution is 0.724. The van der Waals surface area contributed by atoms with Crippen LogP contribution >= 0.6 is 23.5 Å². The highest BCUT2D eigenvalue weighted by atomic mass is 32.2. The first-order valence-corrected chi connectivity index (χ1v) is 43.7. The van der Waals surface area contributed by atoms with Crippen LogP contribution in [-0.4, -0.2) is 34.9 Å². The van der Waals surface area contributed by atoms with Gasteiger partial charge in [0.15, 0.2) is 17.5 Å². The molecule has 0 saturated heterocycles. The van der Waals surface area contributed by atoms with E-state index < -0.39 is 10.8 Å². The standard InChI is InChI=1S/C59H36N4S.C56H33N3S/c1-3-15-40(16-4-1)56-61-57(41-17-5-2-6-18-41)63-58(62-56)42-33-29-38(30-34-42)37-27-31-39(32-28-37)55-47-35-51-54(36-46(47)45-21-9-13-25-52(45)60-55)64-53-26-14-12-24-50(53)59(51)48-22-10-7-19-43(48)44-20-8-11-23-49(44)59;1-2-12-34(13-3-1)48-30-28-37-26-27-38-29-31-49(58-55(38)54(37)57-48)35-22-24-36(25-23-35)53-43-32-47-52(33-42(43)41-16-6-10-20-50(41)59-53)60-51-21-11-9-19-46(51)56(47)44-17-7-4-14-39(44)40-15-5-8-18-45(40)56/h1-36H;1-33H. The van der Waals surface area contributed by atoms with Crippen molar-refractivity contribution < 1.29 is 0 Å². The van der Waals surface area contributed by atoms with E-state index >= 15 is 0 Å². The molecule has 22 aromatic rings. The van der Waals surface area contributed by atoms with Crippen molar-refractivity contribution in [3.8, 4) is 113 Å². The van der Waals surface area contributed by atoms with E-state index in [1.54, 1.807) is 0 Å². The third kappa shape index (κ3) is 11.2. The number of fused-ring (bicyclic) bond motifs is 27. The molecule has 9 heteroatoms. The highest BCUT2D eigenvalue weighted by Crippen LogP contribution is 2.65. The average Bonchev–Trinajstić information content (AvgIpc) is 1.50. The van der Waals surface area contributed by atoms with Gasteiger partial charge in [0.2, 0.25) is 0 Å². The summed E-state index contributed by atoms with van der Waals surface area (Å²) >= 11 is 3.77. The van der Waals surface area contributed by atoms with E-state index in [0.717, 1.165) is 127 Å². The molecular formula is C115H69N7S2. The SMILES string of the molecule is c1ccc(-c2ccc3ccc4ccc(-c5ccc(-c6nc7ccccc7c7cc8c(cc67)C6(c7ccccc7S8)c7ccccc7-c7ccccc76)cc5)nc4c3n2)cc1.c1ccc(-c2nc(-c3ccccc3)nc(-c3ccc(-c4ccc(-c5nc6ccccc6c6cc7c(cc56)C5(c6ccccc6S7)c6ccccc6-c6ccccc65)cc4)cc3)n2)cc1. The van der Waals surface area contributed by atoms with Crippen LogP contribution in [0.5, 0.6) is 0 Å². The van der Waals surface area contributed by atoms with Gasteiger partial charge >= 0.3 is 0 Å². The van der Waals surface area contributed by atoms with Crippen molar-refractivity contribution in [2.45, 2.75) is 30.4 Å². The molecule has 7 nitrogen and oxygen atoms in total. The van der Waals surface area contributed by atoms with Crippen LogP contribution in [0.15, 0.2) is 438 Å². The van der Waals surface area contributed by atoms with Crippen LogP contribution in [0.3, 0.4) is 0 Å². The third-order valence-corrected chi connectivity index (χ3v) is 28.0. The molecule has 2 aliphatic carbocycles. The Balaban J connectivity index is 0.000000136. The van der Waals surface area contributed by atoms with E-state index in [1.165, 1.54) is 97.1 Å². The number of hydrogen-bond donors (Lipinski definition) is 0. The van der Waals surface area contributed by atoms with Gasteiger partial charge in [-0.15, -0.1) is 0 Å². The third-order valence-electron chi connectivity index (χ3n) is 25.7. The van der Waals surface area contributed by atoms with Crippen molar-refractivity contribution >= 4 is 88.7 Å². The van der Waals surface area contributed by atoms with Crippen molar-refractivity contribution in [1.29, 1.82) is 0 Å².